The highest BCUT2D eigenvalue weighted by molar-refractivity contribution is 9.10. The largest absolute Gasteiger partial charge is 0.271 e. The fourth-order valence-corrected chi connectivity index (χ4v) is 2.00. The van der Waals surface area contributed by atoms with Crippen molar-refractivity contribution in [3.8, 4) is 0 Å². The van der Waals surface area contributed by atoms with E-state index in [0.29, 0.717) is 16.0 Å². The van der Waals surface area contributed by atoms with E-state index in [0.717, 1.165) is 12.8 Å². The summed E-state index contributed by atoms with van der Waals surface area (Å²) >= 11 is 3.18. The summed E-state index contributed by atoms with van der Waals surface area (Å²) in [5.74, 6) is 5.84. The van der Waals surface area contributed by atoms with Gasteiger partial charge in [0.25, 0.3) is 0 Å². The molecule has 1 unspecified atom stereocenters. The van der Waals surface area contributed by atoms with Crippen LogP contribution in [0.4, 0.5) is 4.39 Å². The minimum Gasteiger partial charge on any atom is -0.271 e. The van der Waals surface area contributed by atoms with Gasteiger partial charge in [-0.15, -0.1) is 0 Å². The SMILES string of the molecule is CC(C)CCC(NN)c1cccc(Br)c1F. The molecule has 0 radical (unpaired) electrons. The van der Waals surface area contributed by atoms with Crippen molar-refractivity contribution in [1.82, 2.24) is 5.43 Å². The second-order valence-corrected chi connectivity index (χ2v) is 5.19. The van der Waals surface area contributed by atoms with Gasteiger partial charge in [-0.05, 0) is 40.8 Å². The molecule has 2 nitrogen and oxygen atoms in total. The van der Waals surface area contributed by atoms with Crippen LogP contribution < -0.4 is 11.3 Å². The second-order valence-electron chi connectivity index (χ2n) is 4.33. The Kier molecular flexibility index (Phi) is 5.38. The molecule has 0 saturated heterocycles. The maximum Gasteiger partial charge on any atom is 0.142 e. The molecule has 0 aliphatic rings. The fourth-order valence-electron chi connectivity index (χ4n) is 1.62. The van der Waals surface area contributed by atoms with E-state index in [-0.39, 0.29) is 11.9 Å². The van der Waals surface area contributed by atoms with Gasteiger partial charge in [0, 0.05) is 11.6 Å². The molecule has 0 saturated carbocycles. The molecule has 16 heavy (non-hydrogen) atoms. The van der Waals surface area contributed by atoms with Gasteiger partial charge in [0.05, 0.1) is 4.47 Å². The molecule has 0 aromatic heterocycles. The lowest BCUT2D eigenvalue weighted by atomic mass is 9.98. The molecule has 4 heteroatoms. The van der Waals surface area contributed by atoms with Crippen molar-refractivity contribution in [3.05, 3.63) is 34.1 Å². The Morgan fingerprint density at radius 2 is 2.06 bits per heavy atom. The monoisotopic (exact) mass is 288 g/mol. The Morgan fingerprint density at radius 1 is 1.38 bits per heavy atom. The standard InChI is InChI=1S/C12H18BrFN2/c1-8(2)6-7-11(16-15)9-4-3-5-10(13)12(9)14/h3-5,8,11,16H,6-7,15H2,1-2H3. The molecule has 3 N–H and O–H groups in total. The maximum absolute atomic E-state index is 13.8. The van der Waals surface area contributed by atoms with Gasteiger partial charge >= 0.3 is 0 Å². The average Bonchev–Trinajstić information content (AvgIpc) is 2.24. The highest BCUT2D eigenvalue weighted by atomic mass is 79.9. The highest BCUT2D eigenvalue weighted by Crippen LogP contribution is 2.26. The Morgan fingerprint density at radius 3 is 2.62 bits per heavy atom. The molecule has 0 aliphatic heterocycles. The number of hydrazine groups is 1. The van der Waals surface area contributed by atoms with Crippen LogP contribution in [0.1, 0.15) is 38.3 Å². The van der Waals surface area contributed by atoms with Gasteiger partial charge in [0.15, 0.2) is 0 Å². The number of rotatable bonds is 5. The molecular formula is C12H18BrFN2. The van der Waals surface area contributed by atoms with E-state index in [2.05, 4.69) is 35.2 Å². The molecule has 0 heterocycles. The van der Waals surface area contributed by atoms with Crippen LogP contribution in [-0.4, -0.2) is 0 Å². The molecule has 0 fully saturated rings. The first-order valence-corrected chi connectivity index (χ1v) is 6.25. The van der Waals surface area contributed by atoms with Crippen LogP contribution in [0.2, 0.25) is 0 Å². The smallest absolute Gasteiger partial charge is 0.142 e. The number of nitrogens with two attached hydrogens (primary N) is 1. The van der Waals surface area contributed by atoms with Gasteiger partial charge in [0.1, 0.15) is 5.82 Å². The van der Waals surface area contributed by atoms with E-state index in [1.165, 1.54) is 0 Å². The van der Waals surface area contributed by atoms with E-state index in [1.54, 1.807) is 12.1 Å². The third-order valence-electron chi connectivity index (χ3n) is 2.59. The topological polar surface area (TPSA) is 38.0 Å². The molecule has 0 bridgehead atoms. The van der Waals surface area contributed by atoms with E-state index >= 15 is 0 Å². The van der Waals surface area contributed by atoms with Crippen molar-refractivity contribution in [3.63, 3.8) is 0 Å². The Labute approximate surface area is 105 Å². The third kappa shape index (κ3) is 3.54. The summed E-state index contributed by atoms with van der Waals surface area (Å²) in [7, 11) is 0. The fraction of sp³-hybridized carbons (Fsp3) is 0.500. The molecule has 1 aromatic carbocycles. The predicted molar refractivity (Wildman–Crippen MR) is 68.2 cm³/mol. The van der Waals surface area contributed by atoms with Crippen LogP contribution in [-0.2, 0) is 0 Å². The molecular weight excluding hydrogens is 271 g/mol. The number of benzene rings is 1. The van der Waals surface area contributed by atoms with Crippen LogP contribution >= 0.6 is 15.9 Å². The van der Waals surface area contributed by atoms with Crippen LogP contribution in [0.5, 0.6) is 0 Å². The van der Waals surface area contributed by atoms with Crippen LogP contribution in [0.15, 0.2) is 22.7 Å². The van der Waals surface area contributed by atoms with E-state index < -0.39 is 0 Å². The van der Waals surface area contributed by atoms with Gasteiger partial charge in [-0.1, -0.05) is 26.0 Å². The predicted octanol–water partition coefficient (Wildman–Crippen LogP) is 3.53. The highest BCUT2D eigenvalue weighted by Gasteiger charge is 2.16. The minimum atomic E-state index is -0.228. The summed E-state index contributed by atoms with van der Waals surface area (Å²) in [4.78, 5) is 0. The van der Waals surface area contributed by atoms with Gasteiger partial charge in [-0.25, -0.2) is 4.39 Å². The zero-order valence-corrected chi connectivity index (χ0v) is 11.2. The zero-order chi connectivity index (χ0) is 12.1. The summed E-state index contributed by atoms with van der Waals surface area (Å²) in [6.45, 7) is 4.29. The summed E-state index contributed by atoms with van der Waals surface area (Å²) < 4.78 is 14.3. The molecule has 0 spiro atoms. The van der Waals surface area contributed by atoms with E-state index in [1.807, 2.05) is 6.07 Å². The quantitative estimate of drug-likeness (QED) is 0.643. The van der Waals surface area contributed by atoms with E-state index in [4.69, 9.17) is 5.84 Å². The molecule has 0 aliphatic carbocycles. The Bertz CT molecular complexity index is 342. The summed E-state index contributed by atoms with van der Waals surface area (Å²) in [6.07, 6.45) is 1.85. The molecule has 1 aromatic rings. The van der Waals surface area contributed by atoms with Crippen molar-refractivity contribution in [2.24, 2.45) is 11.8 Å². The molecule has 1 rings (SSSR count). The summed E-state index contributed by atoms with van der Waals surface area (Å²) in [5.41, 5.74) is 3.30. The van der Waals surface area contributed by atoms with Crippen LogP contribution in [0, 0.1) is 11.7 Å². The van der Waals surface area contributed by atoms with Gasteiger partial charge in [0.2, 0.25) is 0 Å². The zero-order valence-electron chi connectivity index (χ0n) is 9.63. The van der Waals surface area contributed by atoms with Crippen molar-refractivity contribution >= 4 is 15.9 Å². The molecule has 90 valence electrons. The summed E-state index contributed by atoms with van der Waals surface area (Å²) in [6, 6.07) is 5.15. The first kappa shape index (κ1) is 13.6. The van der Waals surface area contributed by atoms with Gasteiger partial charge < -0.3 is 0 Å². The normalized spacial score (nSPS) is 13.1. The number of halogens is 2. The first-order chi connectivity index (χ1) is 7.56. The Hall–Kier alpha value is -0.450. The first-order valence-electron chi connectivity index (χ1n) is 5.46. The number of hydrogen-bond acceptors (Lipinski definition) is 2. The lowest BCUT2D eigenvalue weighted by Crippen LogP contribution is -2.29. The maximum atomic E-state index is 13.8. The number of nitrogens with one attached hydrogen (secondary N) is 1. The summed E-state index contributed by atoms with van der Waals surface area (Å²) in [5, 5.41) is 0. The van der Waals surface area contributed by atoms with Crippen LogP contribution in [0.3, 0.4) is 0 Å². The number of hydrogen-bond donors (Lipinski definition) is 2. The Balaban J connectivity index is 2.82. The minimum absolute atomic E-state index is 0.125. The van der Waals surface area contributed by atoms with Crippen molar-refractivity contribution < 1.29 is 4.39 Å². The lowest BCUT2D eigenvalue weighted by Gasteiger charge is -2.18. The van der Waals surface area contributed by atoms with Gasteiger partial charge in [-0.2, -0.15) is 0 Å². The lowest BCUT2D eigenvalue weighted by molar-refractivity contribution is 0.433. The van der Waals surface area contributed by atoms with Crippen molar-refractivity contribution in [2.75, 3.05) is 0 Å². The third-order valence-corrected chi connectivity index (χ3v) is 3.20. The van der Waals surface area contributed by atoms with Crippen LogP contribution in [0.25, 0.3) is 0 Å². The molecule has 1 atom stereocenters. The van der Waals surface area contributed by atoms with E-state index in [9.17, 15) is 4.39 Å². The van der Waals surface area contributed by atoms with Crippen molar-refractivity contribution in [1.29, 1.82) is 0 Å². The van der Waals surface area contributed by atoms with Gasteiger partial charge in [-0.3, -0.25) is 11.3 Å². The average molecular weight is 289 g/mol. The van der Waals surface area contributed by atoms with Crippen molar-refractivity contribution in [2.45, 2.75) is 32.7 Å². The molecule has 0 amide bonds. The second kappa shape index (κ2) is 6.33.